The number of carbonyl (C=O) groups is 2. The van der Waals surface area contributed by atoms with E-state index in [9.17, 15) is 14.4 Å². The van der Waals surface area contributed by atoms with Crippen molar-refractivity contribution in [3.05, 3.63) is 106 Å². The van der Waals surface area contributed by atoms with E-state index in [1.54, 1.807) is 42.9 Å². The minimum atomic E-state index is -0.438. The Morgan fingerprint density at radius 1 is 0.944 bits per heavy atom. The Bertz CT molecular complexity index is 1500. The molecule has 1 atom stereocenters. The van der Waals surface area contributed by atoms with Crippen LogP contribution >= 0.6 is 0 Å². The standard InChI is InChI=1S/C28H26N4O4/c1-18-25(28(35)32(31(18)2)23-12-4-3-5-13-23)30-26(33)20-10-8-11-22(16-20)29-27(34)21-15-19-9-6-7-14-24(19)36-17-21/h3-14,16,21H,15,17H2,1-2H3,(H,29,34)(H,30,33)/t21-/m1/s1. The molecule has 1 aliphatic rings. The van der Waals surface area contributed by atoms with E-state index in [0.717, 1.165) is 11.3 Å². The summed E-state index contributed by atoms with van der Waals surface area (Å²) in [5.74, 6) is -0.137. The van der Waals surface area contributed by atoms with Crippen LogP contribution in [0.1, 0.15) is 21.6 Å². The van der Waals surface area contributed by atoms with E-state index in [0.29, 0.717) is 35.7 Å². The van der Waals surface area contributed by atoms with Gasteiger partial charge >= 0.3 is 0 Å². The van der Waals surface area contributed by atoms with Crippen LogP contribution in [0.3, 0.4) is 0 Å². The first-order chi connectivity index (χ1) is 17.4. The Morgan fingerprint density at radius 3 is 2.50 bits per heavy atom. The van der Waals surface area contributed by atoms with E-state index in [4.69, 9.17) is 4.74 Å². The van der Waals surface area contributed by atoms with Gasteiger partial charge in [-0.25, -0.2) is 4.68 Å². The van der Waals surface area contributed by atoms with E-state index in [1.165, 1.54) is 4.68 Å². The lowest BCUT2D eigenvalue weighted by Crippen LogP contribution is -2.32. The zero-order valence-corrected chi connectivity index (χ0v) is 20.0. The first-order valence-corrected chi connectivity index (χ1v) is 11.7. The lowest BCUT2D eigenvalue weighted by molar-refractivity contribution is -0.121. The van der Waals surface area contributed by atoms with Gasteiger partial charge in [-0.05, 0) is 55.3 Å². The van der Waals surface area contributed by atoms with Crippen LogP contribution in [-0.2, 0) is 18.3 Å². The number of rotatable bonds is 5. The van der Waals surface area contributed by atoms with Crippen molar-refractivity contribution < 1.29 is 14.3 Å². The quantitative estimate of drug-likeness (QED) is 0.451. The van der Waals surface area contributed by atoms with Crippen molar-refractivity contribution in [3.63, 3.8) is 0 Å². The molecule has 8 nitrogen and oxygen atoms in total. The molecular weight excluding hydrogens is 456 g/mol. The highest BCUT2D eigenvalue weighted by Crippen LogP contribution is 2.27. The van der Waals surface area contributed by atoms with Gasteiger partial charge in [0.2, 0.25) is 5.91 Å². The third kappa shape index (κ3) is 4.40. The molecule has 5 rings (SSSR count). The largest absolute Gasteiger partial charge is 0.492 e. The second-order valence-corrected chi connectivity index (χ2v) is 8.78. The van der Waals surface area contributed by atoms with Crippen molar-refractivity contribution in [2.24, 2.45) is 13.0 Å². The van der Waals surface area contributed by atoms with Crippen LogP contribution in [0.5, 0.6) is 5.75 Å². The van der Waals surface area contributed by atoms with Crippen LogP contribution in [0, 0.1) is 12.8 Å². The number of amides is 2. The predicted molar refractivity (Wildman–Crippen MR) is 138 cm³/mol. The van der Waals surface area contributed by atoms with Crippen LogP contribution < -0.4 is 20.9 Å². The maximum Gasteiger partial charge on any atom is 0.295 e. The molecule has 0 fully saturated rings. The van der Waals surface area contributed by atoms with E-state index >= 15 is 0 Å². The highest BCUT2D eigenvalue weighted by molar-refractivity contribution is 6.05. The second-order valence-electron chi connectivity index (χ2n) is 8.78. The zero-order chi connectivity index (χ0) is 25.2. The molecule has 0 saturated carbocycles. The molecule has 1 aromatic heterocycles. The summed E-state index contributed by atoms with van der Waals surface area (Å²) < 4.78 is 8.94. The first-order valence-electron chi connectivity index (χ1n) is 11.7. The molecule has 0 bridgehead atoms. The van der Waals surface area contributed by atoms with Crippen LogP contribution in [-0.4, -0.2) is 27.8 Å². The fourth-order valence-electron chi connectivity index (χ4n) is 4.38. The summed E-state index contributed by atoms with van der Waals surface area (Å²) in [6, 6.07) is 23.6. The van der Waals surface area contributed by atoms with Gasteiger partial charge in [0, 0.05) is 18.3 Å². The van der Waals surface area contributed by atoms with E-state index in [-0.39, 0.29) is 23.1 Å². The fourth-order valence-corrected chi connectivity index (χ4v) is 4.38. The van der Waals surface area contributed by atoms with Gasteiger partial charge in [-0.15, -0.1) is 0 Å². The molecular formula is C28H26N4O4. The first kappa shape index (κ1) is 23.2. The Hall–Kier alpha value is -4.59. The molecule has 1 aliphatic heterocycles. The van der Waals surface area contributed by atoms with Crippen molar-refractivity contribution in [1.29, 1.82) is 0 Å². The summed E-state index contributed by atoms with van der Waals surface area (Å²) in [4.78, 5) is 39.0. The van der Waals surface area contributed by atoms with Gasteiger partial charge < -0.3 is 15.4 Å². The Morgan fingerprint density at radius 2 is 1.69 bits per heavy atom. The Labute approximate surface area is 208 Å². The van der Waals surface area contributed by atoms with Gasteiger partial charge in [0.1, 0.15) is 18.0 Å². The van der Waals surface area contributed by atoms with Crippen molar-refractivity contribution in [3.8, 4) is 11.4 Å². The summed E-state index contributed by atoms with van der Waals surface area (Å²) in [7, 11) is 1.77. The molecule has 0 saturated heterocycles. The van der Waals surface area contributed by atoms with Gasteiger partial charge in [0.05, 0.1) is 17.3 Å². The number of fused-ring (bicyclic) bond motifs is 1. The molecule has 36 heavy (non-hydrogen) atoms. The number of nitrogens with one attached hydrogen (secondary N) is 2. The minimum Gasteiger partial charge on any atom is -0.492 e. The molecule has 2 N–H and O–H groups in total. The average molecular weight is 483 g/mol. The highest BCUT2D eigenvalue weighted by atomic mass is 16.5. The number of para-hydroxylation sites is 2. The van der Waals surface area contributed by atoms with Crippen molar-refractivity contribution in [2.75, 3.05) is 17.2 Å². The number of carbonyl (C=O) groups excluding carboxylic acids is 2. The summed E-state index contributed by atoms with van der Waals surface area (Å²) in [6.45, 7) is 2.07. The number of ether oxygens (including phenoxy) is 1. The van der Waals surface area contributed by atoms with Gasteiger partial charge in [-0.2, -0.15) is 0 Å². The maximum atomic E-state index is 13.1. The number of hydrogen-bond donors (Lipinski definition) is 2. The highest BCUT2D eigenvalue weighted by Gasteiger charge is 2.26. The topological polar surface area (TPSA) is 94.4 Å². The predicted octanol–water partition coefficient (Wildman–Crippen LogP) is 3.93. The lowest BCUT2D eigenvalue weighted by Gasteiger charge is -2.24. The molecule has 2 heterocycles. The van der Waals surface area contributed by atoms with E-state index in [2.05, 4.69) is 10.6 Å². The average Bonchev–Trinajstić information content (AvgIpc) is 3.11. The molecule has 0 radical (unpaired) electrons. The van der Waals surface area contributed by atoms with E-state index in [1.807, 2.05) is 54.6 Å². The maximum absolute atomic E-state index is 13.1. The summed E-state index contributed by atoms with van der Waals surface area (Å²) in [5, 5.41) is 5.65. The number of benzene rings is 3. The van der Waals surface area contributed by atoms with Crippen LogP contribution in [0.15, 0.2) is 83.7 Å². The van der Waals surface area contributed by atoms with Crippen LogP contribution in [0.25, 0.3) is 5.69 Å². The normalized spacial score (nSPS) is 14.4. The smallest absolute Gasteiger partial charge is 0.295 e. The number of anilines is 2. The van der Waals surface area contributed by atoms with Gasteiger partial charge in [-0.3, -0.25) is 19.1 Å². The number of aromatic nitrogens is 2. The SMILES string of the molecule is Cc1c(NC(=O)c2cccc(NC(=O)[C@H]3COc4ccccc4C3)c2)c(=O)n(-c2ccccc2)n1C. The molecule has 0 spiro atoms. The van der Waals surface area contributed by atoms with E-state index < -0.39 is 5.91 Å². The fraction of sp³-hybridized carbons (Fsp3) is 0.179. The Balaban J connectivity index is 1.31. The summed E-state index contributed by atoms with van der Waals surface area (Å²) in [5.41, 5.74) is 3.03. The van der Waals surface area contributed by atoms with Crippen LogP contribution in [0.2, 0.25) is 0 Å². The van der Waals surface area contributed by atoms with Crippen LogP contribution in [0.4, 0.5) is 11.4 Å². The lowest BCUT2D eigenvalue weighted by atomic mass is 9.96. The molecule has 3 aromatic carbocycles. The number of hydrogen-bond acceptors (Lipinski definition) is 4. The molecule has 8 heteroatoms. The Kier molecular flexibility index (Phi) is 6.16. The molecule has 4 aromatic rings. The summed E-state index contributed by atoms with van der Waals surface area (Å²) >= 11 is 0. The third-order valence-corrected chi connectivity index (χ3v) is 6.43. The minimum absolute atomic E-state index is 0.174. The summed E-state index contributed by atoms with van der Waals surface area (Å²) in [6.07, 6.45) is 0.586. The molecule has 0 unspecified atom stereocenters. The van der Waals surface area contributed by atoms with Crippen molar-refractivity contribution in [2.45, 2.75) is 13.3 Å². The monoisotopic (exact) mass is 482 g/mol. The number of nitrogens with zero attached hydrogens (tertiary/aromatic N) is 2. The van der Waals surface area contributed by atoms with Gasteiger partial charge in [0.25, 0.3) is 11.5 Å². The third-order valence-electron chi connectivity index (χ3n) is 6.43. The van der Waals surface area contributed by atoms with Crippen molar-refractivity contribution >= 4 is 23.2 Å². The second kappa shape index (κ2) is 9.58. The van der Waals surface area contributed by atoms with Gasteiger partial charge in [0.15, 0.2) is 0 Å². The molecule has 182 valence electrons. The van der Waals surface area contributed by atoms with Gasteiger partial charge in [-0.1, -0.05) is 42.5 Å². The molecule has 2 amide bonds. The van der Waals surface area contributed by atoms with Crippen molar-refractivity contribution in [1.82, 2.24) is 9.36 Å². The zero-order valence-electron chi connectivity index (χ0n) is 20.0. The molecule has 0 aliphatic carbocycles.